The topological polar surface area (TPSA) is 82.3 Å². The minimum atomic E-state index is 0.295. The van der Waals surface area contributed by atoms with Crippen molar-refractivity contribution in [1.29, 1.82) is 0 Å². The number of nitrogens with two attached hydrogens (primary N) is 1. The average Bonchev–Trinajstić information content (AvgIpc) is 2.40. The van der Waals surface area contributed by atoms with Gasteiger partial charge in [-0.15, -0.1) is 0 Å². The number of ether oxygens (including phenoxy) is 2. The van der Waals surface area contributed by atoms with E-state index in [1.807, 2.05) is 24.3 Å². The Kier molecular flexibility index (Phi) is 3.47. The molecule has 2 rings (SSSR count). The van der Waals surface area contributed by atoms with Crippen molar-refractivity contribution in [3.8, 4) is 11.5 Å². The fourth-order valence-corrected chi connectivity index (χ4v) is 1.49. The van der Waals surface area contributed by atoms with E-state index in [9.17, 15) is 0 Å². The molecule has 0 radical (unpaired) electrons. The van der Waals surface area contributed by atoms with E-state index in [0.717, 1.165) is 11.4 Å². The second-order valence-corrected chi connectivity index (χ2v) is 3.49. The molecule has 94 valence electrons. The molecule has 0 atom stereocenters. The zero-order valence-corrected chi connectivity index (χ0v) is 10.2. The molecule has 6 nitrogen and oxygen atoms in total. The van der Waals surface area contributed by atoms with Gasteiger partial charge in [-0.25, -0.2) is 9.97 Å². The smallest absolute Gasteiger partial charge is 0.204 e. The van der Waals surface area contributed by atoms with E-state index in [4.69, 9.17) is 15.2 Å². The van der Waals surface area contributed by atoms with E-state index in [1.54, 1.807) is 7.11 Å². The van der Waals surface area contributed by atoms with Crippen LogP contribution in [0.4, 0.5) is 17.3 Å². The maximum Gasteiger partial charge on any atom is 0.204 e. The second-order valence-electron chi connectivity index (χ2n) is 3.49. The molecule has 18 heavy (non-hydrogen) atoms. The summed E-state index contributed by atoms with van der Waals surface area (Å²) in [4.78, 5) is 7.95. The zero-order chi connectivity index (χ0) is 13.0. The molecule has 0 amide bonds. The summed E-state index contributed by atoms with van der Waals surface area (Å²) in [6.45, 7) is 0. The van der Waals surface area contributed by atoms with Gasteiger partial charge in [0.25, 0.3) is 0 Å². The molecule has 0 spiro atoms. The third kappa shape index (κ3) is 2.42. The first-order valence-electron chi connectivity index (χ1n) is 5.30. The predicted octanol–water partition coefficient (Wildman–Crippen LogP) is 1.82. The molecular weight excluding hydrogens is 232 g/mol. The second kappa shape index (κ2) is 5.22. The molecule has 0 saturated heterocycles. The number of methoxy groups -OCH3 is 2. The van der Waals surface area contributed by atoms with Crippen LogP contribution in [-0.4, -0.2) is 24.2 Å². The molecule has 2 aromatic rings. The van der Waals surface area contributed by atoms with E-state index in [2.05, 4.69) is 15.3 Å². The first-order valence-corrected chi connectivity index (χ1v) is 5.30. The van der Waals surface area contributed by atoms with Gasteiger partial charge in [0.05, 0.1) is 14.2 Å². The summed E-state index contributed by atoms with van der Waals surface area (Å²) >= 11 is 0. The Balaban J connectivity index is 2.25. The van der Waals surface area contributed by atoms with Crippen LogP contribution < -0.4 is 20.5 Å². The highest BCUT2D eigenvalue weighted by atomic mass is 16.5. The molecule has 1 heterocycles. The molecule has 0 fully saturated rings. The van der Waals surface area contributed by atoms with Gasteiger partial charge in [0, 0.05) is 5.69 Å². The third-order valence-corrected chi connectivity index (χ3v) is 2.39. The van der Waals surface area contributed by atoms with Crippen molar-refractivity contribution in [3.05, 3.63) is 30.6 Å². The summed E-state index contributed by atoms with van der Waals surface area (Å²) in [5, 5.41) is 3.10. The largest absolute Gasteiger partial charge is 0.497 e. The Hall–Kier alpha value is -2.50. The summed E-state index contributed by atoms with van der Waals surface area (Å²) in [6, 6.07) is 7.44. The molecule has 3 N–H and O–H groups in total. The van der Waals surface area contributed by atoms with Crippen LogP contribution in [-0.2, 0) is 0 Å². The number of nitrogens with zero attached hydrogens (tertiary/aromatic N) is 2. The molecule has 0 bridgehead atoms. The predicted molar refractivity (Wildman–Crippen MR) is 69.3 cm³/mol. The summed E-state index contributed by atoms with van der Waals surface area (Å²) in [7, 11) is 3.14. The fraction of sp³-hybridized carbons (Fsp3) is 0.167. The number of hydrogen-bond acceptors (Lipinski definition) is 6. The van der Waals surface area contributed by atoms with Gasteiger partial charge < -0.3 is 20.5 Å². The lowest BCUT2D eigenvalue weighted by Gasteiger charge is -2.11. The van der Waals surface area contributed by atoms with Crippen molar-refractivity contribution in [3.63, 3.8) is 0 Å². The van der Waals surface area contributed by atoms with Crippen molar-refractivity contribution in [2.24, 2.45) is 0 Å². The van der Waals surface area contributed by atoms with E-state index >= 15 is 0 Å². The summed E-state index contributed by atoms with van der Waals surface area (Å²) in [5.74, 6) is 2.03. The lowest BCUT2D eigenvalue weighted by atomic mass is 10.3. The van der Waals surface area contributed by atoms with Crippen LogP contribution in [0.15, 0.2) is 30.6 Å². The number of nitrogens with one attached hydrogen (secondary N) is 1. The number of rotatable bonds is 4. The molecule has 1 aromatic heterocycles. The van der Waals surface area contributed by atoms with E-state index < -0.39 is 0 Å². The number of aromatic nitrogens is 2. The number of hydrogen-bond donors (Lipinski definition) is 2. The van der Waals surface area contributed by atoms with Crippen molar-refractivity contribution in [2.45, 2.75) is 0 Å². The van der Waals surface area contributed by atoms with Gasteiger partial charge >= 0.3 is 0 Å². The fourth-order valence-electron chi connectivity index (χ4n) is 1.49. The monoisotopic (exact) mass is 246 g/mol. The summed E-state index contributed by atoms with van der Waals surface area (Å²) in [6.07, 6.45) is 1.38. The third-order valence-electron chi connectivity index (χ3n) is 2.39. The normalized spacial score (nSPS) is 9.89. The Labute approximate surface area is 105 Å². The van der Waals surface area contributed by atoms with Gasteiger partial charge in [-0.1, -0.05) is 0 Å². The Morgan fingerprint density at radius 2 is 1.78 bits per heavy atom. The zero-order valence-electron chi connectivity index (χ0n) is 10.2. The van der Waals surface area contributed by atoms with Gasteiger partial charge in [0.15, 0.2) is 11.6 Å². The maximum absolute atomic E-state index is 5.70. The van der Waals surface area contributed by atoms with Gasteiger partial charge in [0.2, 0.25) is 5.75 Å². The Morgan fingerprint density at radius 1 is 1.06 bits per heavy atom. The van der Waals surface area contributed by atoms with Crippen molar-refractivity contribution < 1.29 is 9.47 Å². The van der Waals surface area contributed by atoms with Gasteiger partial charge in [-0.3, -0.25) is 0 Å². The van der Waals surface area contributed by atoms with Crippen molar-refractivity contribution in [2.75, 3.05) is 25.3 Å². The first-order chi connectivity index (χ1) is 8.74. The molecule has 0 unspecified atom stereocenters. The highest BCUT2D eigenvalue weighted by molar-refractivity contribution is 5.68. The average molecular weight is 246 g/mol. The molecule has 1 aromatic carbocycles. The van der Waals surface area contributed by atoms with E-state index in [0.29, 0.717) is 17.4 Å². The standard InChI is InChI=1S/C12H14N4O2/c1-17-9-5-3-8(4-6-9)16-12-10(18-2)11(13)14-7-15-12/h3-7H,1-2H3,(H3,13,14,15,16). The molecule has 0 aliphatic rings. The van der Waals surface area contributed by atoms with Gasteiger partial charge in [0.1, 0.15) is 12.1 Å². The van der Waals surface area contributed by atoms with Crippen molar-refractivity contribution in [1.82, 2.24) is 9.97 Å². The lowest BCUT2D eigenvalue weighted by Crippen LogP contribution is -2.02. The minimum Gasteiger partial charge on any atom is -0.497 e. The Morgan fingerprint density at radius 3 is 2.39 bits per heavy atom. The summed E-state index contributed by atoms with van der Waals surface area (Å²) < 4.78 is 10.2. The number of benzene rings is 1. The molecule has 0 aliphatic carbocycles. The first kappa shape index (κ1) is 12.0. The minimum absolute atomic E-state index is 0.295. The van der Waals surface area contributed by atoms with Crippen LogP contribution in [0.1, 0.15) is 0 Å². The summed E-state index contributed by atoms with van der Waals surface area (Å²) in [5.41, 5.74) is 6.55. The van der Waals surface area contributed by atoms with Crippen LogP contribution in [0.5, 0.6) is 11.5 Å². The highest BCUT2D eigenvalue weighted by Gasteiger charge is 2.09. The quantitative estimate of drug-likeness (QED) is 0.856. The molecule has 0 aliphatic heterocycles. The van der Waals surface area contributed by atoms with Crippen LogP contribution in [0.2, 0.25) is 0 Å². The van der Waals surface area contributed by atoms with Crippen LogP contribution in [0.3, 0.4) is 0 Å². The van der Waals surface area contributed by atoms with E-state index in [1.165, 1.54) is 13.4 Å². The van der Waals surface area contributed by atoms with Crippen LogP contribution in [0.25, 0.3) is 0 Å². The van der Waals surface area contributed by atoms with Gasteiger partial charge in [-0.05, 0) is 24.3 Å². The van der Waals surface area contributed by atoms with Gasteiger partial charge in [-0.2, -0.15) is 0 Å². The highest BCUT2D eigenvalue weighted by Crippen LogP contribution is 2.29. The lowest BCUT2D eigenvalue weighted by molar-refractivity contribution is 0.414. The van der Waals surface area contributed by atoms with Crippen LogP contribution >= 0.6 is 0 Å². The molecule has 0 saturated carbocycles. The molecule has 6 heteroatoms. The molecular formula is C12H14N4O2. The Bertz CT molecular complexity index is 528. The van der Waals surface area contributed by atoms with E-state index in [-0.39, 0.29) is 0 Å². The maximum atomic E-state index is 5.70. The SMILES string of the molecule is COc1ccc(Nc2ncnc(N)c2OC)cc1. The number of nitrogen functional groups attached to an aromatic ring is 1. The number of anilines is 3. The van der Waals surface area contributed by atoms with Crippen LogP contribution in [0, 0.1) is 0 Å². The van der Waals surface area contributed by atoms with Crippen molar-refractivity contribution >= 4 is 17.3 Å².